The molecule has 0 unspecified atom stereocenters. The SMILES string of the molecule is CC(C)N1CCN(C(=O)CCn2c(=O)oc3cc(Cl)ccc32)C[C@@H]1C(N)=O. The topological polar surface area (TPSA) is 102 Å². The molecule has 0 aliphatic carbocycles. The summed E-state index contributed by atoms with van der Waals surface area (Å²) in [6, 6.07) is 4.60. The Morgan fingerprint density at radius 2 is 2.07 bits per heavy atom. The molecule has 2 N–H and O–H groups in total. The largest absolute Gasteiger partial charge is 0.419 e. The lowest BCUT2D eigenvalue weighted by Crippen LogP contribution is -2.61. The van der Waals surface area contributed by atoms with Crippen LogP contribution >= 0.6 is 11.6 Å². The van der Waals surface area contributed by atoms with Crippen molar-refractivity contribution in [2.24, 2.45) is 5.73 Å². The van der Waals surface area contributed by atoms with Gasteiger partial charge in [-0.3, -0.25) is 19.1 Å². The van der Waals surface area contributed by atoms with Crippen LogP contribution in [-0.4, -0.2) is 57.9 Å². The first-order valence-corrected chi connectivity index (χ1v) is 9.27. The number of piperazine rings is 1. The Hall–Kier alpha value is -2.32. The zero-order chi connectivity index (χ0) is 19.7. The lowest BCUT2D eigenvalue weighted by molar-refractivity contribution is -0.138. The molecule has 8 nitrogen and oxygen atoms in total. The summed E-state index contributed by atoms with van der Waals surface area (Å²) in [5.74, 6) is -1.09. The van der Waals surface area contributed by atoms with Crippen LogP contribution in [0.3, 0.4) is 0 Å². The lowest BCUT2D eigenvalue weighted by atomic mass is 10.1. The molecule has 1 atom stereocenters. The van der Waals surface area contributed by atoms with Gasteiger partial charge in [0.05, 0.1) is 5.52 Å². The van der Waals surface area contributed by atoms with E-state index in [1.807, 2.05) is 18.7 Å². The third kappa shape index (κ3) is 4.01. The Morgan fingerprint density at radius 3 is 2.74 bits per heavy atom. The summed E-state index contributed by atoms with van der Waals surface area (Å²) in [6.07, 6.45) is 0.129. The van der Waals surface area contributed by atoms with Crippen LogP contribution in [0.2, 0.25) is 5.02 Å². The first kappa shape index (κ1) is 19.4. The molecule has 0 bridgehead atoms. The van der Waals surface area contributed by atoms with E-state index in [0.29, 0.717) is 29.2 Å². The van der Waals surface area contributed by atoms with Crippen molar-refractivity contribution in [3.05, 3.63) is 33.8 Å². The molecule has 3 rings (SSSR count). The van der Waals surface area contributed by atoms with E-state index in [2.05, 4.69) is 0 Å². The quantitative estimate of drug-likeness (QED) is 0.816. The van der Waals surface area contributed by atoms with Crippen molar-refractivity contribution in [3.8, 4) is 0 Å². The van der Waals surface area contributed by atoms with E-state index in [1.54, 1.807) is 23.1 Å². The maximum absolute atomic E-state index is 12.6. The molecule has 2 aromatic rings. The zero-order valence-corrected chi connectivity index (χ0v) is 16.1. The molecule has 27 heavy (non-hydrogen) atoms. The van der Waals surface area contributed by atoms with Gasteiger partial charge in [0.1, 0.15) is 6.04 Å². The Kier molecular flexibility index (Phi) is 5.57. The van der Waals surface area contributed by atoms with E-state index in [4.69, 9.17) is 21.8 Å². The van der Waals surface area contributed by atoms with Crippen molar-refractivity contribution in [1.82, 2.24) is 14.4 Å². The Labute approximate surface area is 161 Å². The van der Waals surface area contributed by atoms with E-state index in [-0.39, 0.29) is 31.5 Å². The third-order valence-corrected chi connectivity index (χ3v) is 5.18. The molecule has 9 heteroatoms. The van der Waals surface area contributed by atoms with Gasteiger partial charge < -0.3 is 15.1 Å². The molecule has 1 aliphatic heterocycles. The van der Waals surface area contributed by atoms with E-state index < -0.39 is 17.7 Å². The van der Waals surface area contributed by atoms with Gasteiger partial charge in [0.2, 0.25) is 11.8 Å². The zero-order valence-electron chi connectivity index (χ0n) is 15.4. The minimum atomic E-state index is -0.528. The van der Waals surface area contributed by atoms with Crippen LogP contribution in [-0.2, 0) is 16.1 Å². The summed E-state index contributed by atoms with van der Waals surface area (Å²) >= 11 is 5.91. The van der Waals surface area contributed by atoms with Crippen molar-refractivity contribution in [2.75, 3.05) is 19.6 Å². The highest BCUT2D eigenvalue weighted by molar-refractivity contribution is 6.31. The fourth-order valence-electron chi connectivity index (χ4n) is 3.51. The number of nitrogens with zero attached hydrogens (tertiary/aromatic N) is 3. The van der Waals surface area contributed by atoms with E-state index in [0.717, 1.165) is 0 Å². The number of hydrogen-bond acceptors (Lipinski definition) is 5. The first-order valence-electron chi connectivity index (χ1n) is 8.89. The van der Waals surface area contributed by atoms with Crippen molar-refractivity contribution in [3.63, 3.8) is 0 Å². The smallest absolute Gasteiger partial charge is 0.408 e. The molecule has 2 amide bonds. The molecule has 0 saturated carbocycles. The van der Waals surface area contributed by atoms with Crippen LogP contribution in [0.15, 0.2) is 27.4 Å². The molecular weight excluding hydrogens is 372 g/mol. The second kappa shape index (κ2) is 7.74. The van der Waals surface area contributed by atoms with Crippen molar-refractivity contribution in [2.45, 2.75) is 38.9 Å². The predicted molar refractivity (Wildman–Crippen MR) is 102 cm³/mol. The van der Waals surface area contributed by atoms with E-state index in [9.17, 15) is 14.4 Å². The monoisotopic (exact) mass is 394 g/mol. The fourth-order valence-corrected chi connectivity index (χ4v) is 3.67. The van der Waals surface area contributed by atoms with Crippen LogP contribution in [0, 0.1) is 0 Å². The van der Waals surface area contributed by atoms with Gasteiger partial charge >= 0.3 is 5.76 Å². The highest BCUT2D eigenvalue weighted by Gasteiger charge is 2.34. The number of amides is 2. The predicted octanol–water partition coefficient (Wildman–Crippen LogP) is 1.04. The number of fused-ring (bicyclic) bond motifs is 1. The Bertz CT molecular complexity index is 920. The van der Waals surface area contributed by atoms with Gasteiger partial charge in [-0.1, -0.05) is 11.6 Å². The number of primary amides is 1. The van der Waals surface area contributed by atoms with E-state index in [1.165, 1.54) is 4.57 Å². The van der Waals surface area contributed by atoms with Gasteiger partial charge in [-0.2, -0.15) is 0 Å². The molecule has 1 aliphatic rings. The molecule has 1 aromatic heterocycles. The standard InChI is InChI=1S/C18H23ClN4O4/c1-11(2)22-8-7-21(10-14(22)17(20)25)16(24)5-6-23-13-4-3-12(19)9-15(13)27-18(23)26/h3-4,9,11,14H,5-8,10H2,1-2H3,(H2,20,25)/t14-/m1/s1. The van der Waals surface area contributed by atoms with Crippen molar-refractivity contribution < 1.29 is 14.0 Å². The van der Waals surface area contributed by atoms with Crippen LogP contribution < -0.4 is 11.5 Å². The summed E-state index contributed by atoms with van der Waals surface area (Å²) in [6.45, 7) is 5.56. The number of oxazole rings is 1. The number of rotatable bonds is 5. The fraction of sp³-hybridized carbons (Fsp3) is 0.500. The molecular formula is C18H23ClN4O4. The normalized spacial score (nSPS) is 18.4. The number of nitrogens with two attached hydrogens (primary N) is 1. The molecule has 146 valence electrons. The van der Waals surface area contributed by atoms with Crippen LogP contribution in [0.4, 0.5) is 0 Å². The maximum Gasteiger partial charge on any atom is 0.419 e. The van der Waals surface area contributed by atoms with Gasteiger partial charge in [0, 0.05) is 49.7 Å². The summed E-state index contributed by atoms with van der Waals surface area (Å²) in [5, 5.41) is 0.472. The number of carbonyl (C=O) groups excluding carboxylic acids is 2. The molecule has 1 saturated heterocycles. The van der Waals surface area contributed by atoms with Crippen LogP contribution in [0.1, 0.15) is 20.3 Å². The highest BCUT2D eigenvalue weighted by Crippen LogP contribution is 2.19. The number of benzene rings is 1. The summed E-state index contributed by atoms with van der Waals surface area (Å²) in [7, 11) is 0. The van der Waals surface area contributed by atoms with Gasteiger partial charge in [0.15, 0.2) is 5.58 Å². The molecule has 0 radical (unpaired) electrons. The number of hydrogen-bond donors (Lipinski definition) is 1. The van der Waals surface area contributed by atoms with E-state index >= 15 is 0 Å². The summed E-state index contributed by atoms with van der Waals surface area (Å²) in [4.78, 5) is 40.1. The van der Waals surface area contributed by atoms with Gasteiger partial charge in [-0.15, -0.1) is 0 Å². The highest BCUT2D eigenvalue weighted by atomic mass is 35.5. The van der Waals surface area contributed by atoms with Crippen LogP contribution in [0.5, 0.6) is 0 Å². The second-order valence-electron chi connectivity index (χ2n) is 6.97. The molecule has 1 aromatic carbocycles. The summed E-state index contributed by atoms with van der Waals surface area (Å²) in [5.41, 5.74) is 6.50. The molecule has 0 spiro atoms. The van der Waals surface area contributed by atoms with Gasteiger partial charge in [0.25, 0.3) is 0 Å². The van der Waals surface area contributed by atoms with Gasteiger partial charge in [-0.25, -0.2) is 4.79 Å². The number of aromatic nitrogens is 1. The van der Waals surface area contributed by atoms with Gasteiger partial charge in [-0.05, 0) is 26.0 Å². The second-order valence-corrected chi connectivity index (χ2v) is 7.41. The summed E-state index contributed by atoms with van der Waals surface area (Å²) < 4.78 is 6.59. The van der Waals surface area contributed by atoms with Crippen molar-refractivity contribution >= 4 is 34.5 Å². The third-order valence-electron chi connectivity index (χ3n) is 4.95. The minimum Gasteiger partial charge on any atom is -0.408 e. The maximum atomic E-state index is 12.6. The Morgan fingerprint density at radius 1 is 1.33 bits per heavy atom. The number of halogens is 1. The number of aryl methyl sites for hydroxylation is 1. The average molecular weight is 395 g/mol. The Balaban J connectivity index is 1.69. The minimum absolute atomic E-state index is 0.125. The average Bonchev–Trinajstić information content (AvgIpc) is 2.93. The lowest BCUT2D eigenvalue weighted by Gasteiger charge is -2.42. The van der Waals surface area contributed by atoms with Crippen LogP contribution in [0.25, 0.3) is 11.1 Å². The number of carbonyl (C=O) groups is 2. The molecule has 1 fully saturated rings. The molecule has 2 heterocycles. The first-order chi connectivity index (χ1) is 12.8. The van der Waals surface area contributed by atoms with Crippen molar-refractivity contribution in [1.29, 1.82) is 0 Å².